The van der Waals surface area contributed by atoms with Crippen LogP contribution >= 0.6 is 0 Å². The lowest BCUT2D eigenvalue weighted by Crippen LogP contribution is -2.39. The molecule has 6 rings (SSSR count). The topological polar surface area (TPSA) is 115 Å². The van der Waals surface area contributed by atoms with Gasteiger partial charge in [-0.3, -0.25) is 24.3 Å². The minimum Gasteiger partial charge on any atom is -0.453 e. The number of methoxy groups -OCH3 is 1. The smallest absolute Gasteiger partial charge is 0.409 e. The molecule has 0 bridgehead atoms. The molecule has 1 N–H and O–H groups in total. The van der Waals surface area contributed by atoms with Crippen LogP contribution in [0.1, 0.15) is 60.2 Å². The van der Waals surface area contributed by atoms with Crippen molar-refractivity contribution < 1.29 is 19.1 Å². The Labute approximate surface area is 220 Å². The van der Waals surface area contributed by atoms with Crippen LogP contribution in [0.3, 0.4) is 0 Å². The average Bonchev–Trinajstić information content (AvgIpc) is 3.44. The minimum absolute atomic E-state index is 0.218. The van der Waals surface area contributed by atoms with Crippen molar-refractivity contribution in [2.24, 2.45) is 14.1 Å². The third-order valence-electron chi connectivity index (χ3n) is 8.39. The number of benzene rings is 1. The summed E-state index contributed by atoms with van der Waals surface area (Å²) >= 11 is 0. The number of amides is 3. The molecule has 3 amide bonds. The molecular formula is C27H33N7O4. The number of aryl methyl sites for hydroxylation is 2. The van der Waals surface area contributed by atoms with Crippen LogP contribution in [0.5, 0.6) is 0 Å². The number of imide groups is 1. The van der Waals surface area contributed by atoms with Gasteiger partial charge < -0.3 is 14.5 Å². The summed E-state index contributed by atoms with van der Waals surface area (Å²) in [4.78, 5) is 40.3. The number of piperidine rings is 2. The molecule has 1 unspecified atom stereocenters. The summed E-state index contributed by atoms with van der Waals surface area (Å²) in [5, 5.41) is 13.0. The number of carbonyl (C=O) groups is 3. The molecule has 1 atom stereocenters. The maximum Gasteiger partial charge on any atom is 0.409 e. The highest BCUT2D eigenvalue weighted by Gasteiger charge is 2.33. The lowest BCUT2D eigenvalue weighted by atomic mass is 9.89. The van der Waals surface area contributed by atoms with Crippen LogP contribution in [0, 0.1) is 0 Å². The molecule has 2 fully saturated rings. The molecule has 0 spiro atoms. The van der Waals surface area contributed by atoms with Crippen molar-refractivity contribution in [3.8, 4) is 0 Å². The van der Waals surface area contributed by atoms with Crippen LogP contribution in [0.25, 0.3) is 10.9 Å². The lowest BCUT2D eigenvalue weighted by Gasteiger charge is -2.34. The van der Waals surface area contributed by atoms with E-state index in [1.54, 1.807) is 4.90 Å². The first-order chi connectivity index (χ1) is 18.3. The zero-order valence-electron chi connectivity index (χ0n) is 22.1. The second-order valence-corrected chi connectivity index (χ2v) is 10.6. The fourth-order valence-corrected chi connectivity index (χ4v) is 6.33. The van der Waals surface area contributed by atoms with Crippen LogP contribution in [-0.4, -0.2) is 69.1 Å². The van der Waals surface area contributed by atoms with E-state index in [0.717, 1.165) is 60.3 Å². The number of hydrogen-bond acceptors (Lipinski definition) is 7. The molecule has 0 radical (unpaired) electrons. The zero-order valence-corrected chi connectivity index (χ0v) is 22.1. The molecular weight excluding hydrogens is 486 g/mol. The number of aromatic nitrogens is 4. The van der Waals surface area contributed by atoms with E-state index in [0.29, 0.717) is 31.8 Å². The van der Waals surface area contributed by atoms with E-state index in [1.165, 1.54) is 18.4 Å². The number of rotatable bonds is 3. The summed E-state index contributed by atoms with van der Waals surface area (Å²) < 4.78 is 8.78. The van der Waals surface area contributed by atoms with Crippen LogP contribution in [0.15, 0.2) is 18.2 Å². The molecule has 5 heterocycles. The summed E-state index contributed by atoms with van der Waals surface area (Å²) in [5.41, 5.74) is 6.36. The van der Waals surface area contributed by atoms with Gasteiger partial charge in [0.15, 0.2) is 0 Å². The Morgan fingerprint density at radius 1 is 1.00 bits per heavy atom. The van der Waals surface area contributed by atoms with Crippen LogP contribution in [-0.2, 0) is 41.4 Å². The third kappa shape index (κ3) is 4.10. The van der Waals surface area contributed by atoms with Crippen LogP contribution in [0.4, 0.5) is 10.5 Å². The van der Waals surface area contributed by atoms with E-state index in [9.17, 15) is 14.4 Å². The van der Waals surface area contributed by atoms with Crippen LogP contribution < -0.4 is 10.2 Å². The van der Waals surface area contributed by atoms with E-state index in [1.807, 2.05) is 23.5 Å². The summed E-state index contributed by atoms with van der Waals surface area (Å²) in [6, 6.07) is 6.31. The van der Waals surface area contributed by atoms with Gasteiger partial charge in [0.2, 0.25) is 11.8 Å². The first-order valence-corrected chi connectivity index (χ1v) is 13.3. The van der Waals surface area contributed by atoms with Crippen molar-refractivity contribution in [1.82, 2.24) is 29.8 Å². The van der Waals surface area contributed by atoms with Crippen molar-refractivity contribution in [1.29, 1.82) is 0 Å². The number of hydrogen-bond donors (Lipinski definition) is 1. The third-order valence-corrected chi connectivity index (χ3v) is 8.39. The van der Waals surface area contributed by atoms with E-state index >= 15 is 0 Å². The molecule has 11 nitrogen and oxygen atoms in total. The fraction of sp³-hybridized carbons (Fsp3) is 0.519. The Balaban J connectivity index is 1.19. The molecule has 200 valence electrons. The molecule has 3 aliphatic rings. The summed E-state index contributed by atoms with van der Waals surface area (Å²) in [5.74, 6) is -0.543. The zero-order chi connectivity index (χ0) is 26.6. The lowest BCUT2D eigenvalue weighted by molar-refractivity contribution is -0.134. The maximum absolute atomic E-state index is 12.5. The largest absolute Gasteiger partial charge is 0.453 e. The van der Waals surface area contributed by atoms with Gasteiger partial charge in [-0.15, -0.1) is 0 Å². The van der Waals surface area contributed by atoms with Gasteiger partial charge in [0, 0.05) is 74.8 Å². The Morgan fingerprint density at radius 2 is 1.76 bits per heavy atom. The fourth-order valence-electron chi connectivity index (χ4n) is 6.33. The highest BCUT2D eigenvalue weighted by molar-refractivity contribution is 6.02. The van der Waals surface area contributed by atoms with E-state index in [2.05, 4.69) is 33.5 Å². The molecule has 0 saturated carbocycles. The molecule has 11 heteroatoms. The minimum atomic E-state index is -0.405. The van der Waals surface area contributed by atoms with Crippen LogP contribution in [0.2, 0.25) is 0 Å². The quantitative estimate of drug-likeness (QED) is 0.528. The first-order valence-electron chi connectivity index (χ1n) is 13.3. The highest BCUT2D eigenvalue weighted by atomic mass is 16.5. The van der Waals surface area contributed by atoms with Gasteiger partial charge in [0.05, 0.1) is 36.5 Å². The normalized spacial score (nSPS) is 20.6. The standard InChI is InChI=1S/C27H33N7O4/c1-31-21-10-13-34(27(37)38-3)15-20(21)24(29-31)16-8-11-33(12-9-16)17-4-5-18-22(14-17)32(2)30-25(18)19-6-7-23(35)28-26(19)36/h4-5,14,16,19H,6-13,15H2,1-3H3,(H,28,35,36). The number of nitrogens with one attached hydrogen (secondary N) is 1. The van der Waals surface area contributed by atoms with Crippen molar-refractivity contribution in [2.45, 2.75) is 50.5 Å². The number of anilines is 1. The monoisotopic (exact) mass is 519 g/mol. The Hall–Kier alpha value is -3.89. The van der Waals surface area contributed by atoms with Gasteiger partial charge in [-0.05, 0) is 37.5 Å². The SMILES string of the molecule is COC(=O)N1CCc2c(c(C3CCN(c4ccc5c(C6CCC(=O)NC6=O)nn(C)c5c4)CC3)nn2C)C1. The molecule has 0 aliphatic carbocycles. The molecule has 2 aromatic heterocycles. The molecule has 2 saturated heterocycles. The number of ether oxygens (including phenoxy) is 1. The Bertz CT molecular complexity index is 1430. The van der Waals surface area contributed by atoms with Gasteiger partial charge in [-0.1, -0.05) is 0 Å². The predicted molar refractivity (Wildman–Crippen MR) is 140 cm³/mol. The molecule has 38 heavy (non-hydrogen) atoms. The van der Waals surface area contributed by atoms with Gasteiger partial charge >= 0.3 is 6.09 Å². The van der Waals surface area contributed by atoms with Gasteiger partial charge in [0.1, 0.15) is 0 Å². The van der Waals surface area contributed by atoms with E-state index < -0.39 is 5.92 Å². The molecule has 3 aromatic rings. The Kier molecular flexibility index (Phi) is 6.08. The highest BCUT2D eigenvalue weighted by Crippen LogP contribution is 2.37. The van der Waals surface area contributed by atoms with Crippen molar-refractivity contribution >= 4 is 34.5 Å². The first kappa shape index (κ1) is 24.4. The maximum atomic E-state index is 12.5. The summed E-state index contributed by atoms with van der Waals surface area (Å²) in [7, 11) is 5.32. The van der Waals surface area contributed by atoms with Crippen molar-refractivity contribution in [3.63, 3.8) is 0 Å². The number of fused-ring (bicyclic) bond motifs is 2. The van der Waals surface area contributed by atoms with Gasteiger partial charge in [-0.2, -0.15) is 10.2 Å². The van der Waals surface area contributed by atoms with Crippen molar-refractivity contribution in [2.75, 3.05) is 31.6 Å². The number of carbonyl (C=O) groups excluding carboxylic acids is 3. The van der Waals surface area contributed by atoms with Crippen molar-refractivity contribution in [3.05, 3.63) is 40.8 Å². The number of nitrogens with zero attached hydrogens (tertiary/aromatic N) is 6. The summed E-state index contributed by atoms with van der Waals surface area (Å²) in [6.45, 7) is 3.01. The van der Waals surface area contributed by atoms with E-state index in [4.69, 9.17) is 9.84 Å². The van der Waals surface area contributed by atoms with E-state index in [-0.39, 0.29) is 17.9 Å². The average molecular weight is 520 g/mol. The van der Waals surface area contributed by atoms with Gasteiger partial charge in [-0.25, -0.2) is 4.79 Å². The second-order valence-electron chi connectivity index (χ2n) is 10.6. The predicted octanol–water partition coefficient (Wildman–Crippen LogP) is 2.34. The summed E-state index contributed by atoms with van der Waals surface area (Å²) in [6.07, 6.45) is 3.28. The second kappa shape index (κ2) is 9.45. The van der Waals surface area contributed by atoms with Gasteiger partial charge in [0.25, 0.3) is 0 Å². The molecule has 3 aliphatic heterocycles. The molecule has 1 aromatic carbocycles. The Morgan fingerprint density at radius 3 is 2.50 bits per heavy atom.